The zero-order valence-electron chi connectivity index (χ0n) is 16.9. The van der Waals surface area contributed by atoms with Gasteiger partial charge in [0.25, 0.3) is 0 Å². The van der Waals surface area contributed by atoms with Crippen LogP contribution in [0.4, 0.5) is 5.82 Å². The van der Waals surface area contributed by atoms with Gasteiger partial charge in [0, 0.05) is 45.8 Å². The van der Waals surface area contributed by atoms with Gasteiger partial charge in [-0.15, -0.1) is 0 Å². The molecule has 0 aliphatic carbocycles. The second kappa shape index (κ2) is 8.88. The Morgan fingerprint density at radius 1 is 1.29 bits per heavy atom. The maximum absolute atomic E-state index is 5.98. The predicted molar refractivity (Wildman–Crippen MR) is 110 cm³/mol. The Hall–Kier alpha value is -2.18. The highest BCUT2D eigenvalue weighted by atomic mass is 16.5. The lowest BCUT2D eigenvalue weighted by Crippen LogP contribution is -2.41. The molecule has 3 heterocycles. The molecule has 2 aliphatic heterocycles. The molecule has 2 aliphatic rings. The van der Waals surface area contributed by atoms with Crippen molar-refractivity contribution in [3.05, 3.63) is 47.4 Å². The van der Waals surface area contributed by atoms with Crippen LogP contribution in [0.5, 0.6) is 5.75 Å². The number of likely N-dealkylation sites (tertiary alicyclic amines) is 1. The number of rotatable bonds is 6. The summed E-state index contributed by atoms with van der Waals surface area (Å²) in [6.45, 7) is 5.65. The summed E-state index contributed by atoms with van der Waals surface area (Å²) in [4.78, 5) is 14.0. The van der Waals surface area contributed by atoms with Crippen molar-refractivity contribution in [2.24, 2.45) is 5.92 Å². The van der Waals surface area contributed by atoms with Crippen LogP contribution in [-0.4, -0.2) is 61.8 Å². The first-order chi connectivity index (χ1) is 13.7. The van der Waals surface area contributed by atoms with Crippen LogP contribution in [0.25, 0.3) is 0 Å². The molecule has 6 heteroatoms. The number of hydrogen-bond acceptors (Lipinski definition) is 6. The van der Waals surface area contributed by atoms with E-state index in [4.69, 9.17) is 9.47 Å². The number of aromatic nitrogens is 2. The third kappa shape index (κ3) is 4.28. The minimum absolute atomic E-state index is 0.504. The van der Waals surface area contributed by atoms with Gasteiger partial charge in [0.1, 0.15) is 24.5 Å². The van der Waals surface area contributed by atoms with E-state index in [-0.39, 0.29) is 0 Å². The molecule has 0 radical (unpaired) electrons. The maximum atomic E-state index is 5.98. The number of methoxy groups -OCH3 is 1. The van der Waals surface area contributed by atoms with E-state index in [0.29, 0.717) is 12.5 Å². The first kappa shape index (κ1) is 19.2. The molecule has 4 rings (SSSR count). The quantitative estimate of drug-likeness (QED) is 0.766. The number of para-hydroxylation sites is 1. The zero-order valence-corrected chi connectivity index (χ0v) is 16.9. The lowest BCUT2D eigenvalue weighted by atomic mass is 9.97. The average molecular weight is 383 g/mol. The lowest BCUT2D eigenvalue weighted by molar-refractivity contribution is 0.116. The molecule has 150 valence electrons. The molecule has 6 nitrogen and oxygen atoms in total. The molecular formula is C22H30N4O2. The van der Waals surface area contributed by atoms with Crippen molar-refractivity contribution < 1.29 is 9.47 Å². The molecule has 0 spiro atoms. The SMILES string of the molecule is COCCN1CCCC(CN(C)c2ncnc3c2Cc2ccccc2OC3)C1. The monoisotopic (exact) mass is 382 g/mol. The number of fused-ring (bicyclic) bond motifs is 2. The summed E-state index contributed by atoms with van der Waals surface area (Å²) < 4.78 is 11.2. The standard InChI is InChI=1S/C22H30N4O2/c1-25(13-17-6-5-9-26(14-17)10-11-27-2)22-19-12-18-7-3-4-8-21(18)28-15-20(19)23-16-24-22/h3-4,7-8,16-17H,5-6,9-15H2,1-2H3. The Kier molecular flexibility index (Phi) is 6.07. The van der Waals surface area contributed by atoms with Gasteiger partial charge in [-0.2, -0.15) is 0 Å². The van der Waals surface area contributed by atoms with Crippen molar-refractivity contribution in [3.63, 3.8) is 0 Å². The van der Waals surface area contributed by atoms with Crippen LogP contribution in [-0.2, 0) is 17.8 Å². The topological polar surface area (TPSA) is 50.7 Å². The Bertz CT molecular complexity index is 798. The average Bonchev–Trinajstić information content (AvgIpc) is 2.91. The molecule has 0 saturated carbocycles. The van der Waals surface area contributed by atoms with E-state index >= 15 is 0 Å². The molecule has 1 unspecified atom stereocenters. The van der Waals surface area contributed by atoms with Crippen LogP contribution in [0.2, 0.25) is 0 Å². The summed E-state index contributed by atoms with van der Waals surface area (Å²) in [6, 6.07) is 8.26. The van der Waals surface area contributed by atoms with Crippen molar-refractivity contribution >= 4 is 5.82 Å². The zero-order chi connectivity index (χ0) is 19.3. The van der Waals surface area contributed by atoms with Gasteiger partial charge in [0.2, 0.25) is 0 Å². The van der Waals surface area contributed by atoms with Crippen molar-refractivity contribution in [1.29, 1.82) is 0 Å². The smallest absolute Gasteiger partial charge is 0.135 e. The molecule has 0 bridgehead atoms. The fourth-order valence-electron chi connectivity index (χ4n) is 4.40. The fourth-order valence-corrected chi connectivity index (χ4v) is 4.40. The highest BCUT2D eigenvalue weighted by Gasteiger charge is 2.24. The summed E-state index contributed by atoms with van der Waals surface area (Å²) in [6.07, 6.45) is 5.02. The lowest BCUT2D eigenvalue weighted by Gasteiger charge is -2.35. The summed E-state index contributed by atoms with van der Waals surface area (Å²) in [7, 11) is 3.94. The normalized spacial score (nSPS) is 19.3. The summed E-state index contributed by atoms with van der Waals surface area (Å²) >= 11 is 0. The number of nitrogens with zero attached hydrogens (tertiary/aromatic N) is 4. The first-order valence-corrected chi connectivity index (χ1v) is 10.2. The number of benzene rings is 1. The maximum Gasteiger partial charge on any atom is 0.135 e. The van der Waals surface area contributed by atoms with Gasteiger partial charge in [-0.25, -0.2) is 9.97 Å². The largest absolute Gasteiger partial charge is 0.487 e. The Morgan fingerprint density at radius 2 is 2.18 bits per heavy atom. The van der Waals surface area contributed by atoms with Gasteiger partial charge in [0.15, 0.2) is 0 Å². The molecule has 1 fully saturated rings. The van der Waals surface area contributed by atoms with Crippen LogP contribution in [0.1, 0.15) is 29.7 Å². The highest BCUT2D eigenvalue weighted by Crippen LogP contribution is 2.31. The van der Waals surface area contributed by atoms with Gasteiger partial charge in [-0.1, -0.05) is 18.2 Å². The number of piperidine rings is 1. The summed E-state index contributed by atoms with van der Waals surface area (Å²) in [5.74, 6) is 2.64. The minimum Gasteiger partial charge on any atom is -0.487 e. The van der Waals surface area contributed by atoms with Gasteiger partial charge >= 0.3 is 0 Å². The third-order valence-corrected chi connectivity index (χ3v) is 5.82. The molecule has 0 N–H and O–H groups in total. The van der Waals surface area contributed by atoms with E-state index < -0.39 is 0 Å². The molecule has 2 aromatic rings. The number of ether oxygens (including phenoxy) is 2. The van der Waals surface area contributed by atoms with Gasteiger partial charge < -0.3 is 19.3 Å². The Labute approximate surface area is 167 Å². The number of anilines is 1. The van der Waals surface area contributed by atoms with E-state index in [1.165, 1.54) is 30.5 Å². The molecule has 0 amide bonds. The second-order valence-corrected chi connectivity index (χ2v) is 7.88. The van der Waals surface area contributed by atoms with Gasteiger partial charge in [-0.05, 0) is 36.9 Å². The van der Waals surface area contributed by atoms with E-state index in [1.54, 1.807) is 13.4 Å². The molecule has 1 aromatic carbocycles. The van der Waals surface area contributed by atoms with Crippen molar-refractivity contribution in [2.45, 2.75) is 25.9 Å². The van der Waals surface area contributed by atoms with Gasteiger partial charge in [-0.3, -0.25) is 0 Å². The van der Waals surface area contributed by atoms with Crippen LogP contribution in [0.15, 0.2) is 30.6 Å². The van der Waals surface area contributed by atoms with E-state index in [1.807, 2.05) is 12.1 Å². The Morgan fingerprint density at radius 3 is 3.07 bits per heavy atom. The first-order valence-electron chi connectivity index (χ1n) is 10.2. The van der Waals surface area contributed by atoms with Crippen LogP contribution < -0.4 is 9.64 Å². The van der Waals surface area contributed by atoms with E-state index in [0.717, 1.165) is 49.9 Å². The third-order valence-electron chi connectivity index (χ3n) is 5.82. The summed E-state index contributed by atoms with van der Waals surface area (Å²) in [5.41, 5.74) is 3.40. The fraction of sp³-hybridized carbons (Fsp3) is 0.545. The van der Waals surface area contributed by atoms with Crippen LogP contribution in [0.3, 0.4) is 0 Å². The predicted octanol–water partition coefficient (Wildman–Crippen LogP) is 2.75. The molecule has 1 saturated heterocycles. The molecule has 1 atom stereocenters. The van der Waals surface area contributed by atoms with Crippen LogP contribution in [0, 0.1) is 5.92 Å². The Balaban J connectivity index is 1.49. The van der Waals surface area contributed by atoms with E-state index in [9.17, 15) is 0 Å². The minimum atomic E-state index is 0.504. The summed E-state index contributed by atoms with van der Waals surface area (Å²) in [5, 5.41) is 0. The highest BCUT2D eigenvalue weighted by molar-refractivity contribution is 5.53. The van der Waals surface area contributed by atoms with Crippen molar-refractivity contribution in [3.8, 4) is 5.75 Å². The second-order valence-electron chi connectivity index (χ2n) is 7.88. The number of hydrogen-bond donors (Lipinski definition) is 0. The van der Waals surface area contributed by atoms with Crippen LogP contribution >= 0.6 is 0 Å². The van der Waals surface area contributed by atoms with E-state index in [2.05, 4.69) is 38.9 Å². The van der Waals surface area contributed by atoms with Gasteiger partial charge in [0.05, 0.1) is 12.3 Å². The molecule has 28 heavy (non-hydrogen) atoms. The molecular weight excluding hydrogens is 352 g/mol. The van der Waals surface area contributed by atoms with Crippen molar-refractivity contribution in [2.75, 3.05) is 51.8 Å². The molecule has 1 aromatic heterocycles. The van der Waals surface area contributed by atoms with Crippen molar-refractivity contribution in [1.82, 2.24) is 14.9 Å².